The quantitative estimate of drug-likeness (QED) is 0.0220. The highest BCUT2D eigenvalue weighted by Gasteiger charge is 2.34. The Hall–Kier alpha value is -6.37. The number of ketones is 2. The van der Waals surface area contributed by atoms with E-state index in [1.807, 2.05) is 19.9 Å². The van der Waals surface area contributed by atoms with Crippen molar-refractivity contribution >= 4 is 53.1 Å². The Morgan fingerprint density at radius 2 is 1.30 bits per heavy atom. The number of aromatic hydroxyl groups is 1. The standard InChI is InChI=1S/C48H72N8O11/c1-28(2)23-34(44(63)54-30(5)43(50)62)26-40(58)38(20-21-42(60)61)55-45(64)36(29(3)4)14-9-13-33(47(66)67-27-32-11-7-6-8-12-32)25-41(59)39(24-31-16-18-35(57)19-17-31)56-46(65)37(49)15-10-22-53-48(51)52/h6-8,11-12,16-19,28-30,33-34,36-39,57H,9-10,13-15,20-27,49H2,1-5H3,(H2,50,62)(H,54,63)(H,55,64)(H,56,65)(H,60,61)(H4,51,52,53)/t30-,33+,34+,36-,37-,38-,39-/m1/s1. The summed E-state index contributed by atoms with van der Waals surface area (Å²) in [6.45, 7) is 8.91. The number of nitrogens with one attached hydrogen (secondary N) is 3. The highest BCUT2D eigenvalue weighted by atomic mass is 16.5. The van der Waals surface area contributed by atoms with E-state index >= 15 is 0 Å². The van der Waals surface area contributed by atoms with Crippen molar-refractivity contribution in [3.05, 3.63) is 65.7 Å². The summed E-state index contributed by atoms with van der Waals surface area (Å²) in [5, 5.41) is 27.4. The first-order valence-corrected chi connectivity index (χ1v) is 22.8. The largest absolute Gasteiger partial charge is 0.508 e. The van der Waals surface area contributed by atoms with Gasteiger partial charge in [-0.25, -0.2) is 0 Å². The number of aliphatic imine (C=N–C) groups is 1. The number of hydrogen-bond donors (Lipinski definition) is 9. The van der Waals surface area contributed by atoms with E-state index in [0.29, 0.717) is 17.5 Å². The number of carbonyl (C=O) groups excluding carboxylic acids is 7. The van der Waals surface area contributed by atoms with Gasteiger partial charge < -0.3 is 53.8 Å². The molecule has 0 unspecified atom stereocenters. The van der Waals surface area contributed by atoms with Crippen LogP contribution in [0.2, 0.25) is 0 Å². The molecule has 0 fully saturated rings. The van der Waals surface area contributed by atoms with E-state index < -0.39 is 95.5 Å². The van der Waals surface area contributed by atoms with Gasteiger partial charge in [-0.05, 0) is 87.0 Å². The zero-order valence-corrected chi connectivity index (χ0v) is 39.4. The molecule has 0 radical (unpaired) electrons. The molecule has 370 valence electrons. The normalized spacial score (nSPS) is 14.3. The third kappa shape index (κ3) is 22.1. The van der Waals surface area contributed by atoms with Gasteiger partial charge in [-0.1, -0.05) is 76.6 Å². The van der Waals surface area contributed by atoms with Crippen molar-refractivity contribution in [1.29, 1.82) is 0 Å². The van der Waals surface area contributed by atoms with Crippen LogP contribution in [0.5, 0.6) is 5.75 Å². The molecule has 19 heteroatoms. The molecule has 13 N–H and O–H groups in total. The van der Waals surface area contributed by atoms with Crippen LogP contribution in [0.3, 0.4) is 0 Å². The van der Waals surface area contributed by atoms with Gasteiger partial charge in [0.25, 0.3) is 0 Å². The highest BCUT2D eigenvalue weighted by molar-refractivity contribution is 5.95. The maximum atomic E-state index is 14.2. The number of carboxylic acids is 1. The fourth-order valence-electron chi connectivity index (χ4n) is 7.43. The molecule has 7 atom stereocenters. The summed E-state index contributed by atoms with van der Waals surface area (Å²) < 4.78 is 5.71. The van der Waals surface area contributed by atoms with E-state index in [4.69, 9.17) is 27.7 Å². The summed E-state index contributed by atoms with van der Waals surface area (Å²) in [4.78, 5) is 110. The van der Waals surface area contributed by atoms with E-state index in [9.17, 15) is 48.6 Å². The van der Waals surface area contributed by atoms with E-state index in [2.05, 4.69) is 20.9 Å². The van der Waals surface area contributed by atoms with Crippen molar-refractivity contribution in [1.82, 2.24) is 16.0 Å². The molecule has 2 aromatic carbocycles. The van der Waals surface area contributed by atoms with Crippen molar-refractivity contribution < 1.29 is 53.3 Å². The maximum absolute atomic E-state index is 14.2. The number of phenols is 1. The van der Waals surface area contributed by atoms with Crippen LogP contribution in [0.1, 0.15) is 110 Å². The van der Waals surface area contributed by atoms with Gasteiger partial charge in [0, 0.05) is 37.6 Å². The van der Waals surface area contributed by atoms with Gasteiger partial charge >= 0.3 is 11.9 Å². The second-order valence-electron chi connectivity index (χ2n) is 17.9. The van der Waals surface area contributed by atoms with Crippen molar-refractivity contribution in [2.24, 2.45) is 57.5 Å². The Bertz CT molecular complexity index is 1970. The second-order valence-corrected chi connectivity index (χ2v) is 17.9. The SMILES string of the molecule is CC(C)C[C@@H](CC(=O)[C@@H](CCC(=O)O)NC(=O)[C@H](CCC[C@@H](CC(=O)[C@@H](Cc1ccc(O)cc1)NC(=O)[C@H](N)CCCN=C(N)N)C(=O)OCc1ccccc1)C(C)C)C(=O)N[C@H](C)C(N)=O. The van der Waals surface area contributed by atoms with E-state index in [-0.39, 0.29) is 94.5 Å². The number of carboxylic acid groups (broad SMARTS) is 1. The summed E-state index contributed by atoms with van der Waals surface area (Å²) in [6.07, 6.45) is 0.0850. The number of hydrogen-bond acceptors (Lipinski definition) is 12. The number of aliphatic carboxylic acids is 1. The first-order valence-electron chi connectivity index (χ1n) is 22.8. The molecule has 19 nitrogen and oxygen atoms in total. The molecule has 0 aliphatic carbocycles. The third-order valence-corrected chi connectivity index (χ3v) is 11.3. The number of esters is 1. The minimum Gasteiger partial charge on any atom is -0.508 e. The lowest BCUT2D eigenvalue weighted by molar-refractivity contribution is -0.152. The molecule has 0 bridgehead atoms. The maximum Gasteiger partial charge on any atom is 0.309 e. The van der Waals surface area contributed by atoms with Crippen LogP contribution in [0.25, 0.3) is 0 Å². The van der Waals surface area contributed by atoms with E-state index in [0.717, 1.165) is 0 Å². The van der Waals surface area contributed by atoms with Crippen LogP contribution in [0.15, 0.2) is 59.6 Å². The van der Waals surface area contributed by atoms with E-state index in [1.165, 1.54) is 19.1 Å². The molecule has 0 aliphatic rings. The summed E-state index contributed by atoms with van der Waals surface area (Å²) in [6, 6.07) is 10.7. The minimum atomic E-state index is -1.24. The number of benzene rings is 2. The topological polar surface area (TPSA) is 339 Å². The van der Waals surface area contributed by atoms with Gasteiger partial charge in [-0.15, -0.1) is 0 Å². The number of nitrogens with zero attached hydrogens (tertiary/aromatic N) is 1. The number of Topliss-reactive ketones (excluding diaryl/α,β-unsaturated/α-hetero) is 2. The van der Waals surface area contributed by atoms with Crippen LogP contribution in [0, 0.1) is 29.6 Å². The minimum absolute atomic E-state index is 0.00294. The highest BCUT2D eigenvalue weighted by Crippen LogP contribution is 2.26. The van der Waals surface area contributed by atoms with Crippen molar-refractivity contribution in [2.75, 3.05) is 6.54 Å². The van der Waals surface area contributed by atoms with Crippen LogP contribution in [-0.4, -0.2) is 94.0 Å². The number of primary amides is 1. The number of ether oxygens (including phenoxy) is 1. The number of nitrogens with two attached hydrogens (primary N) is 4. The molecule has 2 rings (SSSR count). The molecule has 0 heterocycles. The average Bonchev–Trinajstić information content (AvgIpc) is 3.26. The summed E-state index contributed by atoms with van der Waals surface area (Å²) >= 11 is 0. The van der Waals surface area contributed by atoms with Gasteiger partial charge in [0.1, 0.15) is 18.4 Å². The Balaban J connectivity index is 2.35. The molecule has 0 spiro atoms. The number of phenolic OH excluding ortho intramolecular Hbond substituents is 1. The Kier molecular flexibility index (Phi) is 24.8. The smallest absolute Gasteiger partial charge is 0.309 e. The van der Waals surface area contributed by atoms with Crippen molar-refractivity contribution in [2.45, 2.75) is 136 Å². The van der Waals surface area contributed by atoms with Crippen molar-refractivity contribution in [3.63, 3.8) is 0 Å². The molecule has 67 heavy (non-hydrogen) atoms. The summed E-state index contributed by atoms with van der Waals surface area (Å²) in [5.41, 5.74) is 23.6. The van der Waals surface area contributed by atoms with Crippen LogP contribution < -0.4 is 38.9 Å². The van der Waals surface area contributed by atoms with Gasteiger partial charge in [-0.2, -0.15) is 0 Å². The molecule has 2 aromatic rings. The number of rotatable bonds is 32. The first kappa shape index (κ1) is 56.8. The molecular weight excluding hydrogens is 865 g/mol. The lowest BCUT2D eigenvalue weighted by Crippen LogP contribution is -2.49. The van der Waals surface area contributed by atoms with Gasteiger partial charge in [0.2, 0.25) is 23.6 Å². The monoisotopic (exact) mass is 937 g/mol. The van der Waals surface area contributed by atoms with Gasteiger partial charge in [0.05, 0.1) is 24.0 Å². The van der Waals surface area contributed by atoms with Gasteiger partial charge in [0.15, 0.2) is 17.5 Å². The van der Waals surface area contributed by atoms with Crippen LogP contribution in [0.4, 0.5) is 0 Å². The Morgan fingerprint density at radius 1 is 0.687 bits per heavy atom. The molecule has 4 amide bonds. The first-order chi connectivity index (χ1) is 31.6. The fraction of sp³-hybridized carbons (Fsp3) is 0.562. The summed E-state index contributed by atoms with van der Waals surface area (Å²) in [5.74, 6) is -8.38. The molecule has 0 saturated heterocycles. The summed E-state index contributed by atoms with van der Waals surface area (Å²) in [7, 11) is 0. The molecule has 0 aliphatic heterocycles. The zero-order chi connectivity index (χ0) is 50.2. The fourth-order valence-corrected chi connectivity index (χ4v) is 7.43. The predicted octanol–water partition coefficient (Wildman–Crippen LogP) is 2.52. The Morgan fingerprint density at radius 3 is 1.88 bits per heavy atom. The number of carbonyl (C=O) groups is 8. The van der Waals surface area contributed by atoms with Gasteiger partial charge in [-0.3, -0.25) is 43.3 Å². The zero-order valence-electron chi connectivity index (χ0n) is 39.4. The third-order valence-electron chi connectivity index (χ3n) is 11.3. The lowest BCUT2D eigenvalue weighted by Gasteiger charge is -2.26. The predicted molar refractivity (Wildman–Crippen MR) is 251 cm³/mol. The molecule has 0 aromatic heterocycles. The van der Waals surface area contributed by atoms with Crippen LogP contribution >= 0.6 is 0 Å². The number of amides is 4. The Labute approximate surface area is 393 Å². The van der Waals surface area contributed by atoms with E-state index in [1.54, 1.807) is 50.2 Å². The lowest BCUT2D eigenvalue weighted by atomic mass is 9.85. The van der Waals surface area contributed by atoms with Crippen molar-refractivity contribution in [3.8, 4) is 5.75 Å². The average molecular weight is 937 g/mol. The second kappa shape index (κ2) is 29.3. The number of guanidine groups is 1. The molecule has 0 saturated carbocycles. The van der Waals surface area contributed by atoms with Crippen LogP contribution in [-0.2, 0) is 56.1 Å². The molecular formula is C48H72N8O11.